The van der Waals surface area contributed by atoms with Crippen LogP contribution in [0.25, 0.3) is 0 Å². The van der Waals surface area contributed by atoms with E-state index in [0.29, 0.717) is 11.5 Å². The number of nitrogens with zero attached hydrogens (tertiary/aromatic N) is 1. The molecule has 0 radical (unpaired) electrons. The minimum absolute atomic E-state index is 0.0701. The molecule has 18 heavy (non-hydrogen) atoms. The molecule has 2 unspecified atom stereocenters. The molecule has 2 spiro atoms. The summed E-state index contributed by atoms with van der Waals surface area (Å²) in [6.07, 6.45) is 10.6. The molecule has 2 saturated carbocycles. The maximum atomic E-state index is 10.1. The van der Waals surface area contributed by atoms with Gasteiger partial charge in [0.05, 0.1) is 17.8 Å². The summed E-state index contributed by atoms with van der Waals surface area (Å²) in [5, 5.41) is 10.1. The van der Waals surface area contributed by atoms with E-state index in [0.717, 1.165) is 19.6 Å². The van der Waals surface area contributed by atoms with E-state index < -0.39 is 0 Å². The van der Waals surface area contributed by atoms with E-state index in [9.17, 15) is 5.11 Å². The van der Waals surface area contributed by atoms with E-state index in [2.05, 4.69) is 4.90 Å². The first-order chi connectivity index (χ1) is 8.70. The first kappa shape index (κ1) is 11.7. The summed E-state index contributed by atoms with van der Waals surface area (Å²) in [6, 6.07) is 0. The summed E-state index contributed by atoms with van der Waals surface area (Å²) in [6.45, 7) is 3.05. The topological polar surface area (TPSA) is 32.7 Å². The summed E-state index contributed by atoms with van der Waals surface area (Å²) in [5.41, 5.74) is 0.559. The number of aliphatic hydroxyl groups excluding tert-OH is 1. The lowest BCUT2D eigenvalue weighted by atomic mass is 9.98. The van der Waals surface area contributed by atoms with Crippen molar-refractivity contribution in [3.8, 4) is 0 Å². The Balaban J connectivity index is 1.34. The molecule has 4 fully saturated rings. The smallest absolute Gasteiger partial charge is 0.0735 e. The number of β-amino-alcohol motifs (C(OH)–C–C–N with tert-alkyl or cyclic N) is 1. The maximum Gasteiger partial charge on any atom is 0.0735 e. The van der Waals surface area contributed by atoms with E-state index in [1.54, 1.807) is 0 Å². The molecule has 102 valence electrons. The van der Waals surface area contributed by atoms with Crippen LogP contribution in [0, 0.1) is 5.41 Å². The molecule has 2 heterocycles. The van der Waals surface area contributed by atoms with Crippen LogP contribution in [0.2, 0.25) is 0 Å². The number of hydrogen-bond donors (Lipinski definition) is 1. The monoisotopic (exact) mass is 251 g/mol. The zero-order valence-corrected chi connectivity index (χ0v) is 11.2. The van der Waals surface area contributed by atoms with Crippen molar-refractivity contribution in [2.45, 2.75) is 69.2 Å². The van der Waals surface area contributed by atoms with Gasteiger partial charge in [-0.2, -0.15) is 0 Å². The second-order valence-electron chi connectivity index (χ2n) is 7.24. The van der Waals surface area contributed by atoms with Crippen LogP contribution in [0.1, 0.15) is 51.4 Å². The van der Waals surface area contributed by atoms with Crippen molar-refractivity contribution >= 4 is 0 Å². The van der Waals surface area contributed by atoms with E-state index in [-0.39, 0.29) is 11.7 Å². The van der Waals surface area contributed by atoms with Gasteiger partial charge in [-0.15, -0.1) is 0 Å². The second kappa shape index (κ2) is 3.94. The molecule has 1 N–H and O–H groups in total. The van der Waals surface area contributed by atoms with Gasteiger partial charge < -0.3 is 9.84 Å². The lowest BCUT2D eigenvalue weighted by molar-refractivity contribution is -0.0461. The van der Waals surface area contributed by atoms with Gasteiger partial charge in [0, 0.05) is 25.0 Å². The van der Waals surface area contributed by atoms with Crippen molar-refractivity contribution in [2.24, 2.45) is 5.41 Å². The molecule has 0 aromatic carbocycles. The zero-order chi connectivity index (χ0) is 12.2. The lowest BCUT2D eigenvalue weighted by Crippen LogP contribution is -2.33. The van der Waals surface area contributed by atoms with Gasteiger partial charge in [0.2, 0.25) is 0 Å². The highest BCUT2D eigenvalue weighted by atomic mass is 16.5. The first-order valence-corrected chi connectivity index (χ1v) is 7.78. The van der Waals surface area contributed by atoms with Crippen LogP contribution < -0.4 is 0 Å². The van der Waals surface area contributed by atoms with Gasteiger partial charge in [-0.25, -0.2) is 0 Å². The number of aliphatic hydroxyl groups is 1. The first-order valence-electron chi connectivity index (χ1n) is 7.78. The zero-order valence-electron chi connectivity index (χ0n) is 11.2. The number of likely N-dealkylation sites (tertiary alicyclic amines) is 1. The van der Waals surface area contributed by atoms with Crippen molar-refractivity contribution in [2.75, 3.05) is 19.6 Å². The van der Waals surface area contributed by atoms with Crippen LogP contribution in [0.3, 0.4) is 0 Å². The Kier molecular flexibility index (Phi) is 2.56. The Morgan fingerprint density at radius 1 is 1.11 bits per heavy atom. The third kappa shape index (κ3) is 1.83. The molecule has 2 aliphatic heterocycles. The maximum absolute atomic E-state index is 10.1. The number of hydrogen-bond acceptors (Lipinski definition) is 3. The molecule has 2 saturated heterocycles. The largest absolute Gasteiger partial charge is 0.391 e. The van der Waals surface area contributed by atoms with Crippen LogP contribution in [0.5, 0.6) is 0 Å². The summed E-state index contributed by atoms with van der Waals surface area (Å²) >= 11 is 0. The summed E-state index contributed by atoms with van der Waals surface area (Å²) in [7, 11) is 0. The molecular weight excluding hydrogens is 226 g/mol. The van der Waals surface area contributed by atoms with E-state index in [1.807, 2.05) is 0 Å². The molecule has 3 heteroatoms. The predicted molar refractivity (Wildman–Crippen MR) is 69.4 cm³/mol. The Labute approximate surface area is 109 Å². The predicted octanol–water partition coefficient (Wildman–Crippen LogP) is 1.93. The normalized spacial score (nSPS) is 41.2. The van der Waals surface area contributed by atoms with Gasteiger partial charge in [-0.1, -0.05) is 12.8 Å². The molecule has 2 atom stereocenters. The Bertz CT molecular complexity index is 333. The van der Waals surface area contributed by atoms with Crippen molar-refractivity contribution in [3.63, 3.8) is 0 Å². The van der Waals surface area contributed by atoms with Crippen LogP contribution >= 0.6 is 0 Å². The van der Waals surface area contributed by atoms with E-state index in [1.165, 1.54) is 51.4 Å². The summed E-state index contributed by atoms with van der Waals surface area (Å²) in [4.78, 5) is 2.45. The molecule has 0 amide bonds. The molecule has 3 nitrogen and oxygen atoms in total. The SMILES string of the molecule is OC1CN(CC2CCC3(CCCC3)O2)CC12CC2. The molecule has 4 aliphatic rings. The van der Waals surface area contributed by atoms with Crippen molar-refractivity contribution < 1.29 is 9.84 Å². The Hall–Kier alpha value is -0.120. The quantitative estimate of drug-likeness (QED) is 0.814. The minimum atomic E-state index is -0.0701. The lowest BCUT2D eigenvalue weighted by Gasteiger charge is -2.26. The third-order valence-electron chi connectivity index (χ3n) is 5.88. The van der Waals surface area contributed by atoms with Crippen LogP contribution in [-0.4, -0.2) is 47.4 Å². The van der Waals surface area contributed by atoms with Gasteiger partial charge in [-0.3, -0.25) is 4.90 Å². The van der Waals surface area contributed by atoms with Crippen molar-refractivity contribution in [3.05, 3.63) is 0 Å². The number of ether oxygens (including phenoxy) is 1. The summed E-state index contributed by atoms with van der Waals surface area (Å²) < 4.78 is 6.37. The fourth-order valence-corrected chi connectivity index (χ4v) is 4.54. The van der Waals surface area contributed by atoms with Crippen LogP contribution in [0.15, 0.2) is 0 Å². The van der Waals surface area contributed by atoms with Gasteiger partial charge in [0.25, 0.3) is 0 Å². The average Bonchev–Trinajstić information content (AvgIpc) is 2.71. The fourth-order valence-electron chi connectivity index (χ4n) is 4.54. The Morgan fingerprint density at radius 2 is 1.89 bits per heavy atom. The average molecular weight is 251 g/mol. The fraction of sp³-hybridized carbons (Fsp3) is 1.00. The Morgan fingerprint density at radius 3 is 2.56 bits per heavy atom. The standard InChI is InChI=1S/C15H25NO2/c17-13-10-16(11-14(13)7-8-14)9-12-3-6-15(18-12)4-1-2-5-15/h12-13,17H,1-11H2. The van der Waals surface area contributed by atoms with Crippen LogP contribution in [-0.2, 0) is 4.74 Å². The highest BCUT2D eigenvalue weighted by molar-refractivity contribution is 5.07. The molecule has 0 bridgehead atoms. The highest BCUT2D eigenvalue weighted by Gasteiger charge is 2.55. The van der Waals surface area contributed by atoms with Gasteiger partial charge >= 0.3 is 0 Å². The second-order valence-corrected chi connectivity index (χ2v) is 7.24. The molecule has 0 aromatic heterocycles. The van der Waals surface area contributed by atoms with E-state index >= 15 is 0 Å². The van der Waals surface area contributed by atoms with Gasteiger partial charge in [-0.05, 0) is 38.5 Å². The molecule has 0 aromatic rings. The molecule has 4 rings (SSSR count). The third-order valence-corrected chi connectivity index (χ3v) is 5.88. The van der Waals surface area contributed by atoms with E-state index in [4.69, 9.17) is 4.74 Å². The molecule has 2 aliphatic carbocycles. The van der Waals surface area contributed by atoms with Gasteiger partial charge in [0.15, 0.2) is 0 Å². The highest BCUT2D eigenvalue weighted by Crippen LogP contribution is 2.53. The van der Waals surface area contributed by atoms with Crippen molar-refractivity contribution in [1.82, 2.24) is 4.90 Å². The summed E-state index contributed by atoms with van der Waals surface area (Å²) in [5.74, 6) is 0. The minimum Gasteiger partial charge on any atom is -0.391 e. The van der Waals surface area contributed by atoms with Crippen LogP contribution in [0.4, 0.5) is 0 Å². The molecular formula is C15H25NO2. The number of rotatable bonds is 2. The van der Waals surface area contributed by atoms with Crippen molar-refractivity contribution in [1.29, 1.82) is 0 Å². The van der Waals surface area contributed by atoms with Gasteiger partial charge in [0.1, 0.15) is 0 Å².